The van der Waals surface area contributed by atoms with E-state index < -0.39 is 0 Å². The molecule has 0 amide bonds. The van der Waals surface area contributed by atoms with Gasteiger partial charge in [0.15, 0.2) is 0 Å². The minimum absolute atomic E-state index is 0.0142. The fourth-order valence-electron chi connectivity index (χ4n) is 8.33. The summed E-state index contributed by atoms with van der Waals surface area (Å²) in [6.45, 7) is 4.69. The van der Waals surface area contributed by atoms with Crippen LogP contribution in [-0.2, 0) is 5.41 Å². The van der Waals surface area contributed by atoms with Crippen molar-refractivity contribution < 1.29 is 4.42 Å². The van der Waals surface area contributed by atoms with Crippen LogP contribution in [0.1, 0.15) is 25.0 Å². The summed E-state index contributed by atoms with van der Waals surface area (Å²) < 4.78 is 6.38. The molecule has 0 saturated carbocycles. The summed E-state index contributed by atoms with van der Waals surface area (Å²) >= 11 is 0. The maximum atomic E-state index is 6.38. The molecule has 216 valence electrons. The number of hydrogen-bond donors (Lipinski definition) is 0. The molecular weight excluding hydrogens is 556 g/mol. The maximum absolute atomic E-state index is 6.38. The van der Waals surface area contributed by atoms with Gasteiger partial charge in [0, 0.05) is 16.2 Å². The summed E-state index contributed by atoms with van der Waals surface area (Å²) in [6, 6.07) is 53.5. The quantitative estimate of drug-likeness (QED) is 0.184. The van der Waals surface area contributed by atoms with Crippen LogP contribution in [-0.4, -0.2) is 0 Å². The average molecular weight is 587 g/mol. The molecule has 1 heteroatoms. The van der Waals surface area contributed by atoms with E-state index in [0.717, 1.165) is 16.6 Å². The Morgan fingerprint density at radius 1 is 0.413 bits per heavy atom. The van der Waals surface area contributed by atoms with Crippen LogP contribution in [0.15, 0.2) is 150 Å². The lowest BCUT2D eigenvalue weighted by Crippen LogP contribution is -2.14. The second-order valence-electron chi connectivity index (χ2n) is 13.2. The lowest BCUT2D eigenvalue weighted by atomic mass is 9.81. The Kier molecular flexibility index (Phi) is 5.12. The van der Waals surface area contributed by atoms with E-state index in [1.54, 1.807) is 0 Å². The van der Waals surface area contributed by atoms with Gasteiger partial charge in [0.1, 0.15) is 11.2 Å². The summed E-state index contributed by atoms with van der Waals surface area (Å²) in [6.07, 6.45) is 0. The van der Waals surface area contributed by atoms with Crippen molar-refractivity contribution in [3.8, 4) is 33.4 Å². The Balaban J connectivity index is 1.27. The Morgan fingerprint density at radius 2 is 0.957 bits per heavy atom. The second kappa shape index (κ2) is 9.19. The van der Waals surface area contributed by atoms with Gasteiger partial charge < -0.3 is 4.42 Å². The van der Waals surface area contributed by atoms with E-state index in [2.05, 4.69) is 159 Å². The van der Waals surface area contributed by atoms with E-state index in [0.29, 0.717) is 0 Å². The third-order valence-corrected chi connectivity index (χ3v) is 10.5. The van der Waals surface area contributed by atoms with Crippen LogP contribution < -0.4 is 0 Å². The molecule has 0 bridgehead atoms. The second-order valence-corrected chi connectivity index (χ2v) is 13.2. The molecule has 1 nitrogen and oxygen atoms in total. The van der Waals surface area contributed by atoms with E-state index >= 15 is 0 Å². The molecule has 0 fully saturated rings. The van der Waals surface area contributed by atoms with Gasteiger partial charge in [0.05, 0.1) is 0 Å². The lowest BCUT2D eigenvalue weighted by Gasteiger charge is -2.22. The Hall–Kier alpha value is -5.66. The summed E-state index contributed by atoms with van der Waals surface area (Å²) in [7, 11) is 0. The van der Waals surface area contributed by atoms with Crippen LogP contribution in [0.25, 0.3) is 87.6 Å². The molecule has 1 aliphatic rings. The van der Waals surface area contributed by atoms with Gasteiger partial charge in [-0.15, -0.1) is 0 Å². The molecule has 0 saturated heterocycles. The van der Waals surface area contributed by atoms with Crippen molar-refractivity contribution in [2.24, 2.45) is 0 Å². The van der Waals surface area contributed by atoms with Crippen molar-refractivity contribution in [3.05, 3.63) is 157 Å². The monoisotopic (exact) mass is 586 g/mol. The first kappa shape index (κ1) is 25.6. The summed E-state index contributed by atoms with van der Waals surface area (Å²) in [5, 5.41) is 9.84. The van der Waals surface area contributed by atoms with Crippen LogP contribution in [0.3, 0.4) is 0 Å². The molecule has 46 heavy (non-hydrogen) atoms. The van der Waals surface area contributed by atoms with E-state index in [1.807, 2.05) is 0 Å². The fraction of sp³-hybridized carbons (Fsp3) is 0.0667. The van der Waals surface area contributed by atoms with Crippen molar-refractivity contribution in [1.82, 2.24) is 0 Å². The Labute approximate surface area is 267 Å². The molecule has 0 radical (unpaired) electrons. The maximum Gasteiger partial charge on any atom is 0.136 e. The molecule has 0 aliphatic heterocycles. The predicted molar refractivity (Wildman–Crippen MR) is 195 cm³/mol. The highest BCUT2D eigenvalue weighted by Gasteiger charge is 2.35. The number of hydrogen-bond acceptors (Lipinski definition) is 1. The third-order valence-electron chi connectivity index (χ3n) is 10.5. The van der Waals surface area contributed by atoms with Crippen molar-refractivity contribution >= 4 is 54.3 Å². The Morgan fingerprint density at radius 3 is 1.67 bits per heavy atom. The molecule has 0 unspecified atom stereocenters. The standard InChI is InChI=1S/C45H30O/c1-45(2)38-18-10-9-13-31(38)36-25-28(19-22-39(36)45)42-32-14-5-7-16-34(32)43(35-17-8-6-15-33(35)42)29-21-23-40-37(26-29)44-30-12-4-3-11-27(30)20-24-41(44)46-40/h3-26H,1-2H3. The molecule has 0 atom stereocenters. The van der Waals surface area contributed by atoms with Gasteiger partial charge >= 0.3 is 0 Å². The van der Waals surface area contributed by atoms with Gasteiger partial charge in [-0.1, -0.05) is 135 Å². The van der Waals surface area contributed by atoms with Crippen LogP contribution >= 0.6 is 0 Å². The van der Waals surface area contributed by atoms with Crippen LogP contribution in [0.5, 0.6) is 0 Å². The highest BCUT2D eigenvalue weighted by atomic mass is 16.3. The predicted octanol–water partition coefficient (Wildman–Crippen LogP) is 12.7. The molecule has 0 spiro atoms. The first-order chi connectivity index (χ1) is 22.6. The topological polar surface area (TPSA) is 13.1 Å². The number of rotatable bonds is 2. The Bertz CT molecular complexity index is 2660. The van der Waals surface area contributed by atoms with Crippen LogP contribution in [0.2, 0.25) is 0 Å². The van der Waals surface area contributed by atoms with Gasteiger partial charge in [-0.3, -0.25) is 0 Å². The van der Waals surface area contributed by atoms with E-state index in [4.69, 9.17) is 4.42 Å². The highest BCUT2D eigenvalue weighted by molar-refractivity contribution is 6.23. The molecule has 1 aliphatic carbocycles. The largest absolute Gasteiger partial charge is 0.456 e. The highest BCUT2D eigenvalue weighted by Crippen LogP contribution is 2.51. The number of benzene rings is 8. The van der Waals surface area contributed by atoms with E-state index in [9.17, 15) is 0 Å². The molecule has 10 rings (SSSR count). The van der Waals surface area contributed by atoms with Crippen LogP contribution in [0, 0.1) is 0 Å². The minimum atomic E-state index is -0.0142. The molecule has 8 aromatic carbocycles. The smallest absolute Gasteiger partial charge is 0.136 e. The zero-order valence-electron chi connectivity index (χ0n) is 25.8. The van der Waals surface area contributed by atoms with Crippen molar-refractivity contribution in [2.45, 2.75) is 19.3 Å². The summed E-state index contributed by atoms with van der Waals surface area (Å²) in [4.78, 5) is 0. The van der Waals surface area contributed by atoms with Gasteiger partial charge in [-0.2, -0.15) is 0 Å². The summed E-state index contributed by atoms with van der Waals surface area (Å²) in [5.41, 5.74) is 12.3. The SMILES string of the molecule is CC1(C)c2ccccc2-c2cc(-c3c4ccccc4c(-c4ccc5oc6ccc7ccccc7c6c5c4)c4ccccc34)ccc21. The molecule has 1 heterocycles. The normalized spacial score (nSPS) is 13.6. The lowest BCUT2D eigenvalue weighted by molar-refractivity contribution is 0.660. The van der Waals surface area contributed by atoms with Crippen LogP contribution in [0.4, 0.5) is 0 Å². The molecule has 9 aromatic rings. The zero-order valence-corrected chi connectivity index (χ0v) is 25.8. The first-order valence-corrected chi connectivity index (χ1v) is 16.1. The third kappa shape index (κ3) is 3.40. The van der Waals surface area contributed by atoms with Gasteiger partial charge in [-0.05, 0) is 101 Å². The van der Waals surface area contributed by atoms with Crippen molar-refractivity contribution in [3.63, 3.8) is 0 Å². The van der Waals surface area contributed by atoms with E-state index in [-0.39, 0.29) is 5.41 Å². The molecule has 0 N–H and O–H groups in total. The minimum Gasteiger partial charge on any atom is -0.456 e. The van der Waals surface area contributed by atoms with Crippen molar-refractivity contribution in [2.75, 3.05) is 0 Å². The fourth-order valence-corrected chi connectivity index (χ4v) is 8.33. The van der Waals surface area contributed by atoms with E-state index in [1.165, 1.54) is 82.2 Å². The zero-order chi connectivity index (χ0) is 30.6. The van der Waals surface area contributed by atoms with Gasteiger partial charge in [0.25, 0.3) is 0 Å². The van der Waals surface area contributed by atoms with Gasteiger partial charge in [-0.25, -0.2) is 0 Å². The molecular formula is C45H30O. The number of fused-ring (bicyclic) bond motifs is 10. The number of furan rings is 1. The first-order valence-electron chi connectivity index (χ1n) is 16.1. The van der Waals surface area contributed by atoms with Crippen molar-refractivity contribution in [1.29, 1.82) is 0 Å². The van der Waals surface area contributed by atoms with Gasteiger partial charge in [0.2, 0.25) is 0 Å². The average Bonchev–Trinajstić information content (AvgIpc) is 3.59. The molecule has 1 aromatic heterocycles. The summed E-state index contributed by atoms with van der Waals surface area (Å²) in [5.74, 6) is 0.